The normalized spacial score (nSPS) is 10.1. The van der Waals surface area contributed by atoms with Crippen LogP contribution in [0.15, 0.2) is 12.3 Å². The molecule has 1 heterocycles. The highest BCUT2D eigenvalue weighted by Crippen LogP contribution is 2.16. The Bertz CT molecular complexity index is 399. The second-order valence-corrected chi connectivity index (χ2v) is 4.64. The number of nitrogens with two attached hydrogens (primary N) is 1. The maximum Gasteiger partial charge on any atom is 0.341 e. The fourth-order valence-electron chi connectivity index (χ4n) is 1.41. The number of hydrogen-bond acceptors (Lipinski definition) is 6. The van der Waals surface area contributed by atoms with Crippen LogP contribution in [0, 0.1) is 0 Å². The molecule has 0 unspecified atom stereocenters. The van der Waals surface area contributed by atoms with Crippen LogP contribution in [0.2, 0.25) is 0 Å². The lowest BCUT2D eigenvalue weighted by molar-refractivity contribution is 0.0527. The van der Waals surface area contributed by atoms with Crippen LogP contribution in [-0.2, 0) is 4.74 Å². The van der Waals surface area contributed by atoms with Gasteiger partial charge in [0.25, 0.3) is 0 Å². The molecule has 0 bridgehead atoms. The van der Waals surface area contributed by atoms with Crippen molar-refractivity contribution in [2.24, 2.45) is 0 Å². The van der Waals surface area contributed by atoms with Gasteiger partial charge in [-0.3, -0.25) is 0 Å². The number of thioether (sulfide) groups is 1. The Labute approximate surface area is 111 Å². The summed E-state index contributed by atoms with van der Waals surface area (Å²) in [6, 6.07) is 1.59. The largest absolute Gasteiger partial charge is 0.462 e. The van der Waals surface area contributed by atoms with Gasteiger partial charge in [0.1, 0.15) is 11.4 Å². The van der Waals surface area contributed by atoms with Gasteiger partial charge in [-0.1, -0.05) is 0 Å². The van der Waals surface area contributed by atoms with Crippen LogP contribution in [0.3, 0.4) is 0 Å². The third-order valence-electron chi connectivity index (χ3n) is 2.22. The van der Waals surface area contributed by atoms with Crippen molar-refractivity contribution in [1.82, 2.24) is 4.98 Å². The van der Waals surface area contributed by atoms with Crippen molar-refractivity contribution in [3.05, 3.63) is 17.8 Å². The lowest BCUT2D eigenvalue weighted by Gasteiger charge is -2.10. The number of carbonyl (C=O) groups excluding carboxylic acids is 1. The number of hydrogen-bond donors (Lipinski definition) is 2. The van der Waals surface area contributed by atoms with Gasteiger partial charge in [-0.15, -0.1) is 0 Å². The van der Waals surface area contributed by atoms with E-state index in [2.05, 4.69) is 16.6 Å². The number of carbonyl (C=O) groups is 1. The smallest absolute Gasteiger partial charge is 0.341 e. The zero-order valence-corrected chi connectivity index (χ0v) is 11.5. The summed E-state index contributed by atoms with van der Waals surface area (Å²) in [5.74, 6) is 1.20. The molecule has 0 saturated heterocycles. The first-order chi connectivity index (χ1) is 8.69. The molecule has 5 nitrogen and oxygen atoms in total. The highest BCUT2D eigenvalue weighted by Gasteiger charge is 2.14. The van der Waals surface area contributed by atoms with E-state index in [1.54, 1.807) is 24.8 Å². The highest BCUT2D eigenvalue weighted by molar-refractivity contribution is 7.98. The molecule has 0 aromatic carbocycles. The molecule has 1 aromatic heterocycles. The summed E-state index contributed by atoms with van der Waals surface area (Å²) in [4.78, 5) is 15.9. The fourth-order valence-corrected chi connectivity index (χ4v) is 1.84. The van der Waals surface area contributed by atoms with Crippen LogP contribution in [0.25, 0.3) is 0 Å². The van der Waals surface area contributed by atoms with E-state index in [4.69, 9.17) is 10.5 Å². The van der Waals surface area contributed by atoms with E-state index in [1.807, 2.05) is 0 Å². The molecule has 0 saturated carbocycles. The monoisotopic (exact) mass is 269 g/mol. The van der Waals surface area contributed by atoms with E-state index in [0.717, 1.165) is 18.7 Å². The molecule has 6 heteroatoms. The van der Waals surface area contributed by atoms with E-state index >= 15 is 0 Å². The van der Waals surface area contributed by atoms with Crippen molar-refractivity contribution < 1.29 is 9.53 Å². The quantitative estimate of drug-likeness (QED) is 0.582. The van der Waals surface area contributed by atoms with Crippen LogP contribution in [0.4, 0.5) is 11.5 Å². The summed E-state index contributed by atoms with van der Waals surface area (Å²) in [6.45, 7) is 2.87. The van der Waals surface area contributed by atoms with Crippen LogP contribution in [0.1, 0.15) is 23.7 Å². The standard InChI is InChI=1S/C12H19N3O2S/c1-3-17-12(16)10-7-9(13)8-15-11(10)14-5-4-6-18-2/h7-8H,3-6,13H2,1-2H3,(H,14,15). The van der Waals surface area contributed by atoms with E-state index in [-0.39, 0.29) is 0 Å². The predicted molar refractivity (Wildman–Crippen MR) is 76.1 cm³/mol. The third kappa shape index (κ3) is 4.44. The van der Waals surface area contributed by atoms with Gasteiger partial charge in [-0.2, -0.15) is 11.8 Å². The van der Waals surface area contributed by atoms with E-state index in [9.17, 15) is 4.79 Å². The zero-order chi connectivity index (χ0) is 13.4. The van der Waals surface area contributed by atoms with Gasteiger partial charge < -0.3 is 15.8 Å². The number of nitrogens with one attached hydrogen (secondary N) is 1. The maximum absolute atomic E-state index is 11.7. The molecule has 18 heavy (non-hydrogen) atoms. The van der Waals surface area contributed by atoms with Crippen molar-refractivity contribution in [3.8, 4) is 0 Å². The fraction of sp³-hybridized carbons (Fsp3) is 0.500. The Hall–Kier alpha value is -1.43. The first-order valence-electron chi connectivity index (χ1n) is 5.84. The molecule has 0 aliphatic rings. The predicted octanol–water partition coefficient (Wildman–Crippen LogP) is 2.01. The molecule has 0 atom stereocenters. The number of pyridine rings is 1. The minimum absolute atomic E-state index is 0.333. The molecule has 0 amide bonds. The molecule has 0 fully saturated rings. The van der Waals surface area contributed by atoms with Crippen molar-refractivity contribution in [2.45, 2.75) is 13.3 Å². The molecule has 0 radical (unpaired) electrons. The van der Waals surface area contributed by atoms with Gasteiger partial charge in [0.05, 0.1) is 18.5 Å². The number of nitrogen functional groups attached to an aromatic ring is 1. The summed E-state index contributed by atoms with van der Waals surface area (Å²) < 4.78 is 4.97. The first-order valence-corrected chi connectivity index (χ1v) is 7.23. The molecule has 0 aliphatic carbocycles. The van der Waals surface area contributed by atoms with Gasteiger partial charge in [-0.05, 0) is 31.4 Å². The van der Waals surface area contributed by atoms with Gasteiger partial charge in [0, 0.05) is 6.54 Å². The van der Waals surface area contributed by atoms with Crippen molar-refractivity contribution in [1.29, 1.82) is 0 Å². The Balaban J connectivity index is 2.73. The van der Waals surface area contributed by atoms with Gasteiger partial charge in [0.2, 0.25) is 0 Å². The Morgan fingerprint density at radius 1 is 1.61 bits per heavy atom. The minimum atomic E-state index is -0.398. The molecule has 100 valence electrons. The Morgan fingerprint density at radius 3 is 3.06 bits per heavy atom. The van der Waals surface area contributed by atoms with Crippen molar-refractivity contribution in [2.75, 3.05) is 36.2 Å². The number of anilines is 2. The van der Waals surface area contributed by atoms with Crippen LogP contribution in [0.5, 0.6) is 0 Å². The first kappa shape index (κ1) is 14.6. The summed E-state index contributed by atoms with van der Waals surface area (Å²) in [7, 11) is 0. The molecule has 0 aliphatic heterocycles. The second kappa shape index (κ2) is 7.81. The number of rotatable bonds is 7. The molecular formula is C12H19N3O2S. The number of esters is 1. The van der Waals surface area contributed by atoms with E-state index in [0.29, 0.717) is 23.7 Å². The summed E-state index contributed by atoms with van der Waals surface area (Å²) in [5.41, 5.74) is 6.48. The highest BCUT2D eigenvalue weighted by atomic mass is 32.2. The lowest BCUT2D eigenvalue weighted by Crippen LogP contribution is -2.13. The van der Waals surface area contributed by atoms with Crippen LogP contribution in [-0.4, -0.2) is 36.1 Å². The van der Waals surface area contributed by atoms with Gasteiger partial charge >= 0.3 is 5.97 Å². The Kier molecular flexibility index (Phi) is 6.35. The summed E-state index contributed by atoms with van der Waals surface area (Å²) in [5, 5.41) is 3.13. The van der Waals surface area contributed by atoms with Crippen molar-refractivity contribution >= 4 is 29.2 Å². The van der Waals surface area contributed by atoms with E-state index in [1.165, 1.54) is 6.20 Å². The van der Waals surface area contributed by atoms with Crippen LogP contribution >= 0.6 is 11.8 Å². The van der Waals surface area contributed by atoms with Gasteiger partial charge in [-0.25, -0.2) is 9.78 Å². The number of aromatic nitrogens is 1. The molecule has 3 N–H and O–H groups in total. The summed E-state index contributed by atoms with van der Waals surface area (Å²) in [6.07, 6.45) is 4.60. The SMILES string of the molecule is CCOC(=O)c1cc(N)cnc1NCCCSC. The zero-order valence-electron chi connectivity index (χ0n) is 10.7. The lowest BCUT2D eigenvalue weighted by atomic mass is 10.2. The topological polar surface area (TPSA) is 77.2 Å². The number of nitrogens with zero attached hydrogens (tertiary/aromatic N) is 1. The molecule has 0 spiro atoms. The second-order valence-electron chi connectivity index (χ2n) is 3.66. The van der Waals surface area contributed by atoms with Crippen molar-refractivity contribution in [3.63, 3.8) is 0 Å². The average Bonchev–Trinajstić information content (AvgIpc) is 2.36. The molecular weight excluding hydrogens is 250 g/mol. The number of ether oxygens (including phenoxy) is 1. The summed E-state index contributed by atoms with van der Waals surface area (Å²) >= 11 is 1.79. The van der Waals surface area contributed by atoms with E-state index < -0.39 is 5.97 Å². The molecule has 1 rings (SSSR count). The molecule has 1 aromatic rings. The maximum atomic E-state index is 11.7. The Morgan fingerprint density at radius 2 is 2.39 bits per heavy atom. The third-order valence-corrected chi connectivity index (χ3v) is 2.92. The minimum Gasteiger partial charge on any atom is -0.462 e. The van der Waals surface area contributed by atoms with Gasteiger partial charge in [0.15, 0.2) is 0 Å². The average molecular weight is 269 g/mol. The van der Waals surface area contributed by atoms with Crippen LogP contribution < -0.4 is 11.1 Å².